The number of nitrogens with two attached hydrogens (primary N) is 1. The van der Waals surface area contributed by atoms with Crippen molar-refractivity contribution >= 4 is 11.9 Å². The zero-order chi connectivity index (χ0) is 14.5. The van der Waals surface area contributed by atoms with E-state index in [1.54, 1.807) is 4.90 Å². The van der Waals surface area contributed by atoms with Crippen molar-refractivity contribution < 1.29 is 14.3 Å². The Labute approximate surface area is 114 Å². The molecule has 0 saturated carbocycles. The Balaban J connectivity index is 2.30. The third-order valence-electron chi connectivity index (χ3n) is 2.86. The summed E-state index contributed by atoms with van der Waals surface area (Å²) in [5, 5.41) is 0. The average Bonchev–Trinajstić information content (AvgIpc) is 2.27. The molecule has 110 valence electrons. The number of amides is 1. The number of rotatable bonds is 4. The van der Waals surface area contributed by atoms with Gasteiger partial charge in [-0.25, -0.2) is 0 Å². The first kappa shape index (κ1) is 15.9. The minimum absolute atomic E-state index is 0.0967. The molecule has 1 amide bonds. The van der Waals surface area contributed by atoms with Crippen LogP contribution in [-0.4, -0.2) is 66.5 Å². The smallest absolute Gasteiger partial charge is 0.320 e. The Morgan fingerprint density at radius 3 is 2.21 bits per heavy atom. The highest BCUT2D eigenvalue weighted by Gasteiger charge is 2.24. The van der Waals surface area contributed by atoms with Gasteiger partial charge in [0.15, 0.2) is 0 Å². The Morgan fingerprint density at radius 1 is 1.16 bits per heavy atom. The highest BCUT2D eigenvalue weighted by atomic mass is 16.6. The molecule has 1 heterocycles. The minimum atomic E-state index is -0.448. The number of ether oxygens (including phenoxy) is 1. The summed E-state index contributed by atoms with van der Waals surface area (Å²) >= 11 is 0. The Kier molecular flexibility index (Phi) is 5.75. The van der Waals surface area contributed by atoms with E-state index in [-0.39, 0.29) is 18.4 Å². The third-order valence-corrected chi connectivity index (χ3v) is 2.86. The van der Waals surface area contributed by atoms with E-state index in [4.69, 9.17) is 10.5 Å². The van der Waals surface area contributed by atoms with E-state index < -0.39 is 5.60 Å². The van der Waals surface area contributed by atoms with Crippen molar-refractivity contribution in [2.45, 2.75) is 32.8 Å². The summed E-state index contributed by atoms with van der Waals surface area (Å²) in [6.07, 6.45) is 0.395. The molecule has 6 nitrogen and oxygen atoms in total. The topological polar surface area (TPSA) is 75.9 Å². The van der Waals surface area contributed by atoms with Crippen molar-refractivity contribution in [1.29, 1.82) is 0 Å². The van der Waals surface area contributed by atoms with E-state index in [1.165, 1.54) is 0 Å². The van der Waals surface area contributed by atoms with Crippen LogP contribution in [0.1, 0.15) is 27.2 Å². The maximum Gasteiger partial charge on any atom is 0.320 e. The first-order valence-corrected chi connectivity index (χ1v) is 6.74. The first-order chi connectivity index (χ1) is 8.81. The molecule has 0 aromatic carbocycles. The van der Waals surface area contributed by atoms with Gasteiger partial charge in [-0.2, -0.15) is 0 Å². The maximum absolute atomic E-state index is 11.7. The lowest BCUT2D eigenvalue weighted by Crippen LogP contribution is -2.50. The van der Waals surface area contributed by atoms with Crippen molar-refractivity contribution in [3.8, 4) is 0 Å². The summed E-state index contributed by atoms with van der Waals surface area (Å²) in [7, 11) is 0. The molecule has 19 heavy (non-hydrogen) atoms. The standard InChI is InChI=1S/C13H25N3O3/c1-13(2,3)19-12(18)10-15-6-8-16(9-7-15)11(17)4-5-14/h4-10,14H2,1-3H3. The van der Waals surface area contributed by atoms with Crippen LogP contribution in [0.25, 0.3) is 0 Å². The number of carbonyl (C=O) groups excluding carboxylic acids is 2. The van der Waals surface area contributed by atoms with Crippen LogP contribution in [0.3, 0.4) is 0 Å². The fourth-order valence-corrected chi connectivity index (χ4v) is 1.99. The summed E-state index contributed by atoms with van der Waals surface area (Å²) in [6, 6.07) is 0. The number of hydrogen-bond donors (Lipinski definition) is 1. The van der Waals surface area contributed by atoms with Gasteiger partial charge in [-0.1, -0.05) is 0 Å². The predicted octanol–water partition coefficient (Wildman–Crippen LogP) is -0.179. The molecule has 6 heteroatoms. The van der Waals surface area contributed by atoms with Gasteiger partial charge < -0.3 is 15.4 Å². The van der Waals surface area contributed by atoms with Crippen LogP contribution in [0, 0.1) is 0 Å². The van der Waals surface area contributed by atoms with Crippen LogP contribution in [0.4, 0.5) is 0 Å². The number of piperazine rings is 1. The summed E-state index contributed by atoms with van der Waals surface area (Å²) in [4.78, 5) is 27.2. The van der Waals surface area contributed by atoms with Gasteiger partial charge in [0.25, 0.3) is 0 Å². The lowest BCUT2D eigenvalue weighted by Gasteiger charge is -2.34. The van der Waals surface area contributed by atoms with Crippen molar-refractivity contribution in [1.82, 2.24) is 9.80 Å². The molecule has 1 aliphatic heterocycles. The van der Waals surface area contributed by atoms with E-state index in [0.29, 0.717) is 39.1 Å². The fraction of sp³-hybridized carbons (Fsp3) is 0.846. The molecule has 1 aliphatic rings. The molecule has 0 unspecified atom stereocenters. The summed E-state index contributed by atoms with van der Waals surface area (Å²) in [6.45, 7) is 8.96. The van der Waals surface area contributed by atoms with Gasteiger partial charge >= 0.3 is 5.97 Å². The third kappa shape index (κ3) is 6.02. The van der Waals surface area contributed by atoms with E-state index in [0.717, 1.165) is 0 Å². The zero-order valence-corrected chi connectivity index (χ0v) is 12.1. The van der Waals surface area contributed by atoms with Gasteiger partial charge in [-0.15, -0.1) is 0 Å². The molecule has 0 aromatic heterocycles. The Morgan fingerprint density at radius 2 is 1.74 bits per heavy atom. The monoisotopic (exact) mass is 271 g/mol. The van der Waals surface area contributed by atoms with E-state index >= 15 is 0 Å². The highest BCUT2D eigenvalue weighted by Crippen LogP contribution is 2.09. The molecule has 0 aromatic rings. The van der Waals surface area contributed by atoms with Crippen LogP contribution in [0.15, 0.2) is 0 Å². The first-order valence-electron chi connectivity index (χ1n) is 6.74. The Hall–Kier alpha value is -1.14. The quantitative estimate of drug-likeness (QED) is 0.718. The summed E-state index contributed by atoms with van der Waals surface area (Å²) in [5.74, 6) is -0.117. The second-order valence-electron chi connectivity index (χ2n) is 5.78. The normalized spacial score (nSPS) is 17.4. The number of carbonyl (C=O) groups is 2. The molecular formula is C13H25N3O3. The van der Waals surface area contributed by atoms with Crippen molar-refractivity contribution in [3.05, 3.63) is 0 Å². The minimum Gasteiger partial charge on any atom is -0.459 e. The van der Waals surface area contributed by atoms with E-state index in [9.17, 15) is 9.59 Å². The van der Waals surface area contributed by atoms with Crippen molar-refractivity contribution in [2.75, 3.05) is 39.3 Å². The predicted molar refractivity (Wildman–Crippen MR) is 72.5 cm³/mol. The van der Waals surface area contributed by atoms with Gasteiger partial charge in [-0.3, -0.25) is 14.5 Å². The summed E-state index contributed by atoms with van der Waals surface area (Å²) in [5.41, 5.74) is 4.92. The average molecular weight is 271 g/mol. The molecule has 0 radical (unpaired) electrons. The molecule has 1 fully saturated rings. The van der Waals surface area contributed by atoms with Crippen molar-refractivity contribution in [3.63, 3.8) is 0 Å². The molecule has 1 rings (SSSR count). The molecule has 1 saturated heterocycles. The van der Waals surface area contributed by atoms with Crippen LogP contribution in [-0.2, 0) is 14.3 Å². The largest absolute Gasteiger partial charge is 0.459 e. The van der Waals surface area contributed by atoms with Gasteiger partial charge in [0, 0.05) is 39.1 Å². The molecular weight excluding hydrogens is 246 g/mol. The van der Waals surface area contributed by atoms with E-state index in [2.05, 4.69) is 0 Å². The molecule has 0 bridgehead atoms. The molecule has 0 spiro atoms. The van der Waals surface area contributed by atoms with Gasteiger partial charge in [0.05, 0.1) is 6.54 Å². The second-order valence-corrected chi connectivity index (χ2v) is 5.78. The van der Waals surface area contributed by atoms with Gasteiger partial charge in [-0.05, 0) is 20.8 Å². The lowest BCUT2D eigenvalue weighted by atomic mass is 10.2. The van der Waals surface area contributed by atoms with E-state index in [1.807, 2.05) is 25.7 Å². The number of nitrogens with zero attached hydrogens (tertiary/aromatic N) is 2. The fourth-order valence-electron chi connectivity index (χ4n) is 1.99. The lowest BCUT2D eigenvalue weighted by molar-refractivity contribution is -0.156. The number of esters is 1. The highest BCUT2D eigenvalue weighted by molar-refractivity contribution is 5.76. The second kappa shape index (κ2) is 6.86. The zero-order valence-electron chi connectivity index (χ0n) is 12.1. The van der Waals surface area contributed by atoms with Gasteiger partial charge in [0.2, 0.25) is 5.91 Å². The maximum atomic E-state index is 11.7. The number of hydrogen-bond acceptors (Lipinski definition) is 5. The van der Waals surface area contributed by atoms with Crippen LogP contribution >= 0.6 is 0 Å². The van der Waals surface area contributed by atoms with Gasteiger partial charge in [0.1, 0.15) is 5.60 Å². The van der Waals surface area contributed by atoms with Crippen LogP contribution in [0.5, 0.6) is 0 Å². The van der Waals surface area contributed by atoms with Crippen LogP contribution in [0.2, 0.25) is 0 Å². The molecule has 0 aliphatic carbocycles. The van der Waals surface area contributed by atoms with Crippen molar-refractivity contribution in [2.24, 2.45) is 5.73 Å². The Bertz CT molecular complexity index is 318. The van der Waals surface area contributed by atoms with Crippen LogP contribution < -0.4 is 5.73 Å². The SMILES string of the molecule is CC(C)(C)OC(=O)CN1CCN(C(=O)CCN)CC1. The molecule has 0 atom stereocenters. The molecule has 2 N–H and O–H groups in total. The summed E-state index contributed by atoms with van der Waals surface area (Å²) < 4.78 is 5.28.